The maximum absolute atomic E-state index is 13.3. The molecule has 5 rings (SSSR count). The molecule has 1 atom stereocenters. The lowest BCUT2D eigenvalue weighted by molar-refractivity contribution is -0.122. The van der Waals surface area contributed by atoms with Crippen molar-refractivity contribution in [1.82, 2.24) is 15.2 Å². The topological polar surface area (TPSA) is 82.6 Å². The van der Waals surface area contributed by atoms with Crippen LogP contribution in [0.25, 0.3) is 0 Å². The summed E-state index contributed by atoms with van der Waals surface area (Å²) in [6, 6.07) is 19.7. The molecule has 0 bridgehead atoms. The molecule has 1 N–H and O–H groups in total. The van der Waals surface area contributed by atoms with Crippen LogP contribution >= 0.6 is 0 Å². The number of hydrogen-bond acceptors (Lipinski definition) is 4. The average Bonchev–Trinajstić information content (AvgIpc) is 3.09. The summed E-state index contributed by atoms with van der Waals surface area (Å²) < 4.78 is 0. The van der Waals surface area contributed by atoms with Crippen molar-refractivity contribution in [3.8, 4) is 0 Å². The third-order valence-electron chi connectivity index (χ3n) is 5.39. The maximum atomic E-state index is 13.3. The van der Waals surface area contributed by atoms with E-state index in [2.05, 4.69) is 10.3 Å². The van der Waals surface area contributed by atoms with Crippen LogP contribution in [0.1, 0.15) is 38.1 Å². The maximum Gasteiger partial charge on any atom is 0.260 e. The quantitative estimate of drug-likeness (QED) is 0.732. The smallest absolute Gasteiger partial charge is 0.260 e. The number of benzene rings is 2. The molecule has 0 fully saturated rings. The van der Waals surface area contributed by atoms with Gasteiger partial charge in [-0.05, 0) is 30.3 Å². The number of hydrogen-bond donors (Lipinski definition) is 1. The molecule has 2 aliphatic rings. The first-order valence-electron chi connectivity index (χ1n) is 9.64. The van der Waals surface area contributed by atoms with E-state index in [-0.39, 0.29) is 30.8 Å². The third kappa shape index (κ3) is 2.83. The Morgan fingerprint density at radius 1 is 0.900 bits per heavy atom. The summed E-state index contributed by atoms with van der Waals surface area (Å²) in [6.07, 6.45) is 1.02. The van der Waals surface area contributed by atoms with Gasteiger partial charge in [0.25, 0.3) is 11.8 Å². The molecule has 2 aromatic carbocycles. The molecule has 2 aliphatic heterocycles. The van der Waals surface area contributed by atoms with Crippen LogP contribution in [-0.2, 0) is 11.3 Å². The zero-order chi connectivity index (χ0) is 20.7. The number of para-hydroxylation sites is 1. The third-order valence-corrected chi connectivity index (χ3v) is 5.39. The Labute approximate surface area is 172 Å². The summed E-state index contributed by atoms with van der Waals surface area (Å²) in [5.74, 6) is -0.760. The van der Waals surface area contributed by atoms with Crippen molar-refractivity contribution in [2.24, 2.45) is 0 Å². The molecular weight excluding hydrogens is 380 g/mol. The molecule has 3 amide bonds. The number of fused-ring (bicyclic) bond motifs is 5. The van der Waals surface area contributed by atoms with Crippen molar-refractivity contribution in [3.05, 3.63) is 95.3 Å². The Morgan fingerprint density at radius 3 is 2.43 bits per heavy atom. The molecule has 148 valence electrons. The van der Waals surface area contributed by atoms with Crippen LogP contribution in [0.3, 0.4) is 0 Å². The average molecular weight is 398 g/mol. The van der Waals surface area contributed by atoms with Crippen LogP contribution in [0.15, 0.2) is 72.9 Å². The van der Waals surface area contributed by atoms with Gasteiger partial charge in [0.1, 0.15) is 12.7 Å². The highest BCUT2D eigenvalue weighted by Gasteiger charge is 2.47. The Kier molecular flexibility index (Phi) is 4.28. The first kappa shape index (κ1) is 18.1. The second kappa shape index (κ2) is 7.11. The minimum Gasteiger partial charge on any atom is -0.349 e. The summed E-state index contributed by atoms with van der Waals surface area (Å²) in [5.41, 5.74) is 2.98. The van der Waals surface area contributed by atoms with Crippen molar-refractivity contribution in [2.45, 2.75) is 12.7 Å². The summed E-state index contributed by atoms with van der Waals surface area (Å²) in [6.45, 7) is 0.102. The van der Waals surface area contributed by atoms with Crippen LogP contribution in [0.4, 0.5) is 5.69 Å². The van der Waals surface area contributed by atoms with Crippen molar-refractivity contribution in [1.29, 1.82) is 0 Å². The number of nitrogens with zero attached hydrogens (tertiary/aromatic N) is 3. The monoisotopic (exact) mass is 398 g/mol. The lowest BCUT2D eigenvalue weighted by atomic mass is 10.0. The van der Waals surface area contributed by atoms with Gasteiger partial charge in [-0.25, -0.2) is 0 Å². The largest absolute Gasteiger partial charge is 0.349 e. The van der Waals surface area contributed by atoms with E-state index in [1.54, 1.807) is 53.6 Å². The zero-order valence-electron chi connectivity index (χ0n) is 16.0. The molecule has 0 spiro atoms. The summed E-state index contributed by atoms with van der Waals surface area (Å²) in [5, 5.41) is 2.81. The fourth-order valence-electron chi connectivity index (χ4n) is 4.04. The molecule has 0 saturated heterocycles. The predicted molar refractivity (Wildman–Crippen MR) is 110 cm³/mol. The van der Waals surface area contributed by atoms with E-state index in [4.69, 9.17) is 0 Å². The van der Waals surface area contributed by atoms with Gasteiger partial charge < -0.3 is 10.2 Å². The fraction of sp³-hybridized carbons (Fsp3) is 0.130. The van der Waals surface area contributed by atoms with E-state index in [1.807, 2.05) is 24.3 Å². The van der Waals surface area contributed by atoms with Crippen LogP contribution < -0.4 is 10.2 Å². The van der Waals surface area contributed by atoms with Crippen LogP contribution in [-0.4, -0.2) is 34.2 Å². The summed E-state index contributed by atoms with van der Waals surface area (Å²) in [4.78, 5) is 46.3. The summed E-state index contributed by atoms with van der Waals surface area (Å²) in [7, 11) is 0. The fourth-order valence-corrected chi connectivity index (χ4v) is 4.04. The number of rotatable bonds is 4. The van der Waals surface area contributed by atoms with E-state index in [0.29, 0.717) is 16.8 Å². The number of nitrogens with one attached hydrogen (secondary N) is 1. The van der Waals surface area contributed by atoms with Crippen molar-refractivity contribution in [2.75, 3.05) is 11.4 Å². The molecule has 3 aromatic rings. The number of pyridine rings is 1. The first-order chi connectivity index (χ1) is 14.6. The van der Waals surface area contributed by atoms with E-state index in [0.717, 1.165) is 11.3 Å². The van der Waals surface area contributed by atoms with Gasteiger partial charge in [-0.1, -0.05) is 36.4 Å². The molecule has 0 aliphatic carbocycles. The number of carbonyl (C=O) groups is 3. The van der Waals surface area contributed by atoms with Crippen molar-refractivity contribution >= 4 is 23.4 Å². The zero-order valence-corrected chi connectivity index (χ0v) is 16.0. The number of anilines is 1. The Morgan fingerprint density at radius 2 is 1.63 bits per heavy atom. The Balaban J connectivity index is 1.47. The molecular formula is C23H18N4O3. The number of amides is 3. The second-order valence-electron chi connectivity index (χ2n) is 7.18. The summed E-state index contributed by atoms with van der Waals surface area (Å²) >= 11 is 0. The predicted octanol–water partition coefficient (Wildman–Crippen LogP) is 2.51. The first-order valence-corrected chi connectivity index (χ1v) is 9.64. The van der Waals surface area contributed by atoms with Gasteiger partial charge in [0.15, 0.2) is 0 Å². The molecule has 0 radical (unpaired) electrons. The van der Waals surface area contributed by atoms with E-state index in [9.17, 15) is 14.4 Å². The number of carbonyl (C=O) groups excluding carboxylic acids is 3. The van der Waals surface area contributed by atoms with Gasteiger partial charge in [0.05, 0.1) is 23.5 Å². The van der Waals surface area contributed by atoms with Gasteiger partial charge in [-0.3, -0.25) is 24.3 Å². The normalized spacial score (nSPS) is 16.7. The van der Waals surface area contributed by atoms with E-state index in [1.165, 1.54) is 4.90 Å². The lowest BCUT2D eigenvalue weighted by Gasteiger charge is -2.40. The molecule has 1 aromatic heterocycles. The van der Waals surface area contributed by atoms with Gasteiger partial charge in [0, 0.05) is 17.3 Å². The Bertz CT molecular complexity index is 1160. The molecule has 30 heavy (non-hydrogen) atoms. The van der Waals surface area contributed by atoms with Crippen molar-refractivity contribution in [3.63, 3.8) is 0 Å². The van der Waals surface area contributed by atoms with Gasteiger partial charge in [-0.15, -0.1) is 0 Å². The SMILES string of the molecule is O=C(CN1C(=O)c2ccccc2N2C(=O)c3ccccc3[C@H]12)NCc1ccccn1. The number of aromatic nitrogens is 1. The van der Waals surface area contributed by atoms with Gasteiger partial charge >= 0.3 is 0 Å². The van der Waals surface area contributed by atoms with Gasteiger partial charge in [0.2, 0.25) is 5.91 Å². The molecule has 0 saturated carbocycles. The minimum absolute atomic E-state index is 0.164. The second-order valence-corrected chi connectivity index (χ2v) is 7.18. The standard InChI is InChI=1S/C23H18N4O3/c28-20(25-13-15-7-5-6-12-24-15)14-26-21-16-8-1-2-9-17(16)23(30)27(21)19-11-4-3-10-18(19)22(26)29/h1-12,21H,13-14H2,(H,25,28)/t21-/m1/s1. The highest BCUT2D eigenvalue weighted by Crippen LogP contribution is 2.44. The lowest BCUT2D eigenvalue weighted by Crippen LogP contribution is -2.51. The Hall–Kier alpha value is -4.00. The molecule has 7 nitrogen and oxygen atoms in total. The van der Waals surface area contributed by atoms with Crippen LogP contribution in [0.2, 0.25) is 0 Å². The van der Waals surface area contributed by atoms with Crippen molar-refractivity contribution < 1.29 is 14.4 Å². The van der Waals surface area contributed by atoms with E-state index < -0.39 is 6.17 Å². The van der Waals surface area contributed by atoms with Crippen LogP contribution in [0.5, 0.6) is 0 Å². The minimum atomic E-state index is -0.642. The molecule has 3 heterocycles. The van der Waals surface area contributed by atoms with E-state index >= 15 is 0 Å². The van der Waals surface area contributed by atoms with Crippen LogP contribution in [0, 0.1) is 0 Å². The molecule has 0 unspecified atom stereocenters. The van der Waals surface area contributed by atoms with Gasteiger partial charge in [-0.2, -0.15) is 0 Å². The highest BCUT2D eigenvalue weighted by molar-refractivity contribution is 6.17. The molecule has 7 heteroatoms. The highest BCUT2D eigenvalue weighted by atomic mass is 16.2.